The predicted octanol–water partition coefficient (Wildman–Crippen LogP) is 3.32. The number of amides is 1. The van der Waals surface area contributed by atoms with Gasteiger partial charge >= 0.3 is 0 Å². The highest BCUT2D eigenvalue weighted by Gasteiger charge is 2.36. The quantitative estimate of drug-likeness (QED) is 0.864. The average molecular weight is 328 g/mol. The van der Waals surface area contributed by atoms with Gasteiger partial charge in [0, 0.05) is 19.4 Å². The minimum Gasteiger partial charge on any atom is -0.441 e. The maximum atomic E-state index is 12.6. The van der Waals surface area contributed by atoms with Crippen LogP contribution in [0.5, 0.6) is 0 Å². The van der Waals surface area contributed by atoms with Crippen LogP contribution in [-0.2, 0) is 16.0 Å². The monoisotopic (exact) mass is 328 g/mol. The summed E-state index contributed by atoms with van der Waals surface area (Å²) in [5, 5.41) is 0. The normalized spacial score (nSPS) is 24.1. The summed E-state index contributed by atoms with van der Waals surface area (Å²) in [5.74, 6) is 0.979. The largest absolute Gasteiger partial charge is 0.441 e. The summed E-state index contributed by atoms with van der Waals surface area (Å²) >= 11 is 0. The second kappa shape index (κ2) is 6.93. The lowest BCUT2D eigenvalue weighted by atomic mass is 9.90. The highest BCUT2D eigenvalue weighted by atomic mass is 16.5. The van der Waals surface area contributed by atoms with Crippen molar-refractivity contribution in [3.8, 4) is 0 Å². The number of ether oxygens (including phenoxy) is 1. The molecule has 2 heterocycles. The van der Waals surface area contributed by atoms with Crippen LogP contribution in [0.25, 0.3) is 11.1 Å². The van der Waals surface area contributed by atoms with Crippen molar-refractivity contribution in [2.75, 3.05) is 13.2 Å². The number of nitrogens with zero attached hydrogens (tertiary/aromatic N) is 2. The third-order valence-corrected chi connectivity index (χ3v) is 5.17. The van der Waals surface area contributed by atoms with Crippen LogP contribution in [0.4, 0.5) is 0 Å². The Labute approximate surface area is 142 Å². The van der Waals surface area contributed by atoms with Crippen molar-refractivity contribution < 1.29 is 13.9 Å². The molecule has 1 amide bonds. The molecule has 0 radical (unpaired) electrons. The van der Waals surface area contributed by atoms with E-state index in [4.69, 9.17) is 9.15 Å². The van der Waals surface area contributed by atoms with Gasteiger partial charge in [-0.05, 0) is 31.4 Å². The second-order valence-electron chi connectivity index (χ2n) is 6.78. The fourth-order valence-corrected chi connectivity index (χ4v) is 3.97. The Morgan fingerprint density at radius 2 is 2.12 bits per heavy atom. The van der Waals surface area contributed by atoms with Crippen LogP contribution in [0.15, 0.2) is 28.7 Å². The van der Waals surface area contributed by atoms with Crippen LogP contribution in [0.3, 0.4) is 0 Å². The van der Waals surface area contributed by atoms with E-state index in [9.17, 15) is 4.79 Å². The maximum Gasteiger partial charge on any atom is 0.223 e. The Morgan fingerprint density at radius 3 is 3.04 bits per heavy atom. The van der Waals surface area contributed by atoms with Crippen LogP contribution in [0, 0.1) is 0 Å². The Morgan fingerprint density at radius 1 is 1.25 bits per heavy atom. The van der Waals surface area contributed by atoms with Crippen LogP contribution in [0.1, 0.15) is 44.4 Å². The first-order valence-electron chi connectivity index (χ1n) is 9.07. The number of morpholine rings is 1. The summed E-state index contributed by atoms with van der Waals surface area (Å²) < 4.78 is 11.6. The van der Waals surface area contributed by atoms with Crippen molar-refractivity contribution in [2.45, 2.75) is 57.1 Å². The number of fused-ring (bicyclic) bond motifs is 2. The third-order valence-electron chi connectivity index (χ3n) is 5.17. The van der Waals surface area contributed by atoms with Crippen LogP contribution in [0.2, 0.25) is 0 Å². The highest BCUT2D eigenvalue weighted by Crippen LogP contribution is 2.29. The van der Waals surface area contributed by atoms with Crippen molar-refractivity contribution in [2.24, 2.45) is 0 Å². The summed E-state index contributed by atoms with van der Waals surface area (Å²) in [4.78, 5) is 19.2. The molecular formula is C19H24N2O3. The topological polar surface area (TPSA) is 55.6 Å². The number of benzene rings is 1. The zero-order chi connectivity index (χ0) is 16.4. The molecule has 2 atom stereocenters. The zero-order valence-corrected chi connectivity index (χ0v) is 13.9. The molecule has 5 heteroatoms. The van der Waals surface area contributed by atoms with E-state index >= 15 is 0 Å². The Hall–Kier alpha value is -1.88. The number of aromatic nitrogens is 1. The molecule has 5 nitrogen and oxygen atoms in total. The van der Waals surface area contributed by atoms with Gasteiger partial charge in [0.25, 0.3) is 0 Å². The van der Waals surface area contributed by atoms with Gasteiger partial charge in [-0.25, -0.2) is 4.98 Å². The third kappa shape index (κ3) is 3.18. The van der Waals surface area contributed by atoms with Gasteiger partial charge in [0.05, 0.1) is 18.8 Å². The molecule has 0 bridgehead atoms. The average Bonchev–Trinajstić information content (AvgIpc) is 3.04. The van der Waals surface area contributed by atoms with Crippen molar-refractivity contribution in [1.29, 1.82) is 0 Å². The van der Waals surface area contributed by atoms with E-state index in [1.807, 2.05) is 24.3 Å². The van der Waals surface area contributed by atoms with Crippen molar-refractivity contribution in [3.05, 3.63) is 30.2 Å². The van der Waals surface area contributed by atoms with Gasteiger partial charge in [0.2, 0.25) is 5.91 Å². The predicted molar refractivity (Wildman–Crippen MR) is 90.7 cm³/mol. The number of oxazole rings is 1. The number of aryl methyl sites for hydroxylation is 1. The number of hydrogen-bond acceptors (Lipinski definition) is 4. The molecule has 0 spiro atoms. The van der Waals surface area contributed by atoms with E-state index < -0.39 is 0 Å². The van der Waals surface area contributed by atoms with E-state index in [2.05, 4.69) is 9.88 Å². The first kappa shape index (κ1) is 15.6. The molecule has 4 rings (SSSR count). The molecule has 2 aromatic rings. The number of carbonyl (C=O) groups excluding carboxylic acids is 1. The fourth-order valence-electron chi connectivity index (χ4n) is 3.97. The van der Waals surface area contributed by atoms with E-state index in [1.54, 1.807) is 0 Å². The number of para-hydroxylation sites is 2. The maximum absolute atomic E-state index is 12.6. The standard InChI is InChI=1S/C19H24N2O3/c22-19(21-12-13-23-17-9-4-2-7-15(17)21)11-5-10-18-20-14-6-1-3-8-16(14)24-18/h1,3,6,8,15,17H,2,4-5,7,9-13H2/t15-,17-/m1/s1. The van der Waals surface area contributed by atoms with Gasteiger partial charge in [-0.15, -0.1) is 0 Å². The summed E-state index contributed by atoms with van der Waals surface area (Å²) in [7, 11) is 0. The molecule has 24 heavy (non-hydrogen) atoms. The summed E-state index contributed by atoms with van der Waals surface area (Å²) in [5.41, 5.74) is 1.70. The van der Waals surface area contributed by atoms with Crippen molar-refractivity contribution >= 4 is 17.0 Å². The van der Waals surface area contributed by atoms with E-state index in [1.165, 1.54) is 12.8 Å². The molecule has 1 aliphatic heterocycles. The van der Waals surface area contributed by atoms with E-state index in [-0.39, 0.29) is 12.0 Å². The van der Waals surface area contributed by atoms with Gasteiger partial charge in [0.15, 0.2) is 11.5 Å². The Kier molecular flexibility index (Phi) is 4.52. The summed E-state index contributed by atoms with van der Waals surface area (Å²) in [6, 6.07) is 8.07. The minimum atomic E-state index is 0.256. The van der Waals surface area contributed by atoms with E-state index in [0.717, 1.165) is 42.8 Å². The van der Waals surface area contributed by atoms with Crippen LogP contribution in [-0.4, -0.2) is 41.1 Å². The van der Waals surface area contributed by atoms with Crippen molar-refractivity contribution in [1.82, 2.24) is 9.88 Å². The highest BCUT2D eigenvalue weighted by molar-refractivity contribution is 5.76. The molecule has 0 N–H and O–H groups in total. The molecule has 128 valence electrons. The van der Waals surface area contributed by atoms with Crippen molar-refractivity contribution in [3.63, 3.8) is 0 Å². The molecule has 1 aromatic carbocycles. The number of rotatable bonds is 4. The molecule has 1 aromatic heterocycles. The smallest absolute Gasteiger partial charge is 0.223 e. The fraction of sp³-hybridized carbons (Fsp3) is 0.579. The SMILES string of the molecule is O=C(CCCc1nc2ccccc2o1)N1CCO[C@@H]2CCCC[C@H]21. The minimum absolute atomic E-state index is 0.256. The van der Waals surface area contributed by atoms with Gasteiger partial charge in [-0.3, -0.25) is 4.79 Å². The Balaban J connectivity index is 1.32. The lowest BCUT2D eigenvalue weighted by molar-refractivity contribution is -0.149. The van der Waals surface area contributed by atoms with Gasteiger partial charge in [0.1, 0.15) is 5.52 Å². The summed E-state index contributed by atoms with van der Waals surface area (Å²) in [6.07, 6.45) is 6.91. The summed E-state index contributed by atoms with van der Waals surface area (Å²) in [6.45, 7) is 1.42. The molecule has 2 aliphatic rings. The molecular weight excluding hydrogens is 304 g/mol. The van der Waals surface area contributed by atoms with Gasteiger partial charge < -0.3 is 14.1 Å². The zero-order valence-electron chi connectivity index (χ0n) is 13.9. The first-order chi connectivity index (χ1) is 11.8. The van der Waals surface area contributed by atoms with E-state index in [0.29, 0.717) is 25.5 Å². The molecule has 2 fully saturated rings. The lowest BCUT2D eigenvalue weighted by Crippen LogP contribution is -2.54. The first-order valence-corrected chi connectivity index (χ1v) is 9.07. The van der Waals surface area contributed by atoms with Crippen LogP contribution >= 0.6 is 0 Å². The second-order valence-corrected chi connectivity index (χ2v) is 6.78. The lowest BCUT2D eigenvalue weighted by Gasteiger charge is -2.43. The molecule has 1 saturated carbocycles. The number of carbonyl (C=O) groups is 1. The molecule has 1 saturated heterocycles. The van der Waals surface area contributed by atoms with Gasteiger partial charge in [-0.1, -0.05) is 25.0 Å². The molecule has 0 unspecified atom stereocenters. The molecule has 1 aliphatic carbocycles. The van der Waals surface area contributed by atoms with Crippen LogP contribution < -0.4 is 0 Å². The van der Waals surface area contributed by atoms with Gasteiger partial charge in [-0.2, -0.15) is 0 Å². The Bertz CT molecular complexity index is 676. The number of hydrogen-bond donors (Lipinski definition) is 0.